The standard InChI is InChI=1S/C7H8/c1-4-2-5(1)7-3-6(4)7/h1,4,6-7H,2-3H2/t4-,6?,7?/m1/s1. The zero-order chi connectivity index (χ0) is 4.43. The van der Waals surface area contributed by atoms with E-state index in [2.05, 4.69) is 6.08 Å². The summed E-state index contributed by atoms with van der Waals surface area (Å²) in [7, 11) is 0. The molecule has 0 radical (unpaired) electrons. The normalized spacial score (nSPS) is 60.6. The molecule has 0 nitrogen and oxygen atoms in total. The Bertz CT molecular complexity index is 153. The molecular weight excluding hydrogens is 84.1 g/mol. The zero-order valence-corrected chi connectivity index (χ0v) is 4.22. The molecule has 7 heavy (non-hydrogen) atoms. The molecule has 0 saturated heterocycles. The van der Waals surface area contributed by atoms with Gasteiger partial charge >= 0.3 is 0 Å². The van der Waals surface area contributed by atoms with Crippen LogP contribution in [0.4, 0.5) is 0 Å². The summed E-state index contributed by atoms with van der Waals surface area (Å²) in [5.74, 6) is 3.35. The highest BCUT2D eigenvalue weighted by atomic mass is 14.6. The predicted octanol–water partition coefficient (Wildman–Crippen LogP) is 1.58. The highest BCUT2D eigenvalue weighted by Crippen LogP contribution is 2.65. The van der Waals surface area contributed by atoms with E-state index >= 15 is 0 Å². The first-order valence-corrected chi connectivity index (χ1v) is 3.16. The van der Waals surface area contributed by atoms with Crippen molar-refractivity contribution in [1.82, 2.24) is 0 Å². The Morgan fingerprint density at radius 2 is 2.43 bits per heavy atom. The monoisotopic (exact) mass is 92.1 g/mol. The van der Waals surface area contributed by atoms with Crippen molar-refractivity contribution in [3.05, 3.63) is 11.6 Å². The van der Waals surface area contributed by atoms with Crippen molar-refractivity contribution in [2.45, 2.75) is 12.8 Å². The maximum atomic E-state index is 2.48. The number of hydrogen-bond donors (Lipinski definition) is 0. The lowest BCUT2D eigenvalue weighted by Crippen LogP contribution is -2.02. The number of rotatable bonds is 0. The molecule has 2 fully saturated rings. The summed E-state index contributed by atoms with van der Waals surface area (Å²) in [6, 6.07) is 0. The second-order valence-corrected chi connectivity index (χ2v) is 3.12. The van der Waals surface area contributed by atoms with Gasteiger partial charge in [0.05, 0.1) is 0 Å². The molecule has 0 aromatic carbocycles. The SMILES string of the molecule is C1=C2C[C@@H]1C1CC21. The molecule has 0 N–H and O–H groups in total. The molecular formula is C7H8. The first-order chi connectivity index (χ1) is 3.45. The Labute approximate surface area is 43.2 Å². The van der Waals surface area contributed by atoms with Crippen molar-refractivity contribution in [2.24, 2.45) is 17.8 Å². The lowest BCUT2D eigenvalue weighted by molar-refractivity contribution is 0.574. The summed E-state index contributed by atoms with van der Waals surface area (Å²) in [6.45, 7) is 0. The van der Waals surface area contributed by atoms with Gasteiger partial charge in [-0.15, -0.1) is 0 Å². The topological polar surface area (TPSA) is 0 Å². The fourth-order valence-corrected chi connectivity index (χ4v) is 2.18. The Hall–Kier alpha value is -0.260. The fourth-order valence-electron chi connectivity index (χ4n) is 2.18. The van der Waals surface area contributed by atoms with E-state index in [0.29, 0.717) is 0 Å². The third-order valence-corrected chi connectivity index (χ3v) is 2.77. The van der Waals surface area contributed by atoms with Gasteiger partial charge in [0, 0.05) is 0 Å². The summed E-state index contributed by atoms with van der Waals surface area (Å²) >= 11 is 0. The summed E-state index contributed by atoms with van der Waals surface area (Å²) in [5.41, 5.74) is 1.80. The van der Waals surface area contributed by atoms with Crippen LogP contribution < -0.4 is 0 Å². The van der Waals surface area contributed by atoms with Crippen LogP contribution in [0.25, 0.3) is 0 Å². The lowest BCUT2D eigenvalue weighted by Gasteiger charge is -2.15. The predicted molar refractivity (Wildman–Crippen MR) is 27.8 cm³/mol. The van der Waals surface area contributed by atoms with Crippen LogP contribution in [0, 0.1) is 17.8 Å². The largest absolute Gasteiger partial charge is 0.0813 e. The van der Waals surface area contributed by atoms with Crippen LogP contribution in [0.1, 0.15) is 12.8 Å². The summed E-state index contributed by atoms with van der Waals surface area (Å²) in [5, 5.41) is 0. The van der Waals surface area contributed by atoms with Gasteiger partial charge in [0.25, 0.3) is 0 Å². The quantitative estimate of drug-likeness (QED) is 0.398. The highest BCUT2D eigenvalue weighted by Gasteiger charge is 2.55. The van der Waals surface area contributed by atoms with Crippen LogP contribution in [0.3, 0.4) is 0 Å². The van der Waals surface area contributed by atoms with Crippen LogP contribution in [0.5, 0.6) is 0 Å². The minimum Gasteiger partial charge on any atom is -0.0813 e. The van der Waals surface area contributed by atoms with Crippen LogP contribution in [0.15, 0.2) is 11.6 Å². The minimum absolute atomic E-state index is 1.07. The van der Waals surface area contributed by atoms with Crippen LogP contribution >= 0.6 is 0 Å². The Balaban J connectivity index is 2.24. The van der Waals surface area contributed by atoms with Gasteiger partial charge < -0.3 is 0 Å². The average molecular weight is 92.1 g/mol. The van der Waals surface area contributed by atoms with E-state index in [0.717, 1.165) is 17.8 Å². The third kappa shape index (κ3) is 0.170. The molecule has 0 aromatic rings. The molecule has 0 aliphatic heterocycles. The molecule has 2 saturated carbocycles. The smallest absolute Gasteiger partial charge is 0.0159 e. The summed E-state index contributed by atoms with van der Waals surface area (Å²) in [4.78, 5) is 0. The maximum Gasteiger partial charge on any atom is -0.0159 e. The number of hydrogen-bond acceptors (Lipinski definition) is 0. The van der Waals surface area contributed by atoms with Crippen LogP contribution in [0.2, 0.25) is 0 Å². The van der Waals surface area contributed by atoms with Gasteiger partial charge in [-0.2, -0.15) is 0 Å². The fraction of sp³-hybridized carbons (Fsp3) is 0.714. The van der Waals surface area contributed by atoms with E-state index in [4.69, 9.17) is 0 Å². The van der Waals surface area contributed by atoms with Gasteiger partial charge in [0.1, 0.15) is 0 Å². The van der Waals surface area contributed by atoms with Gasteiger partial charge in [-0.1, -0.05) is 11.6 Å². The Kier molecular flexibility index (Phi) is 0.247. The summed E-state index contributed by atoms with van der Waals surface area (Å²) in [6.07, 6.45) is 5.52. The van der Waals surface area contributed by atoms with E-state index in [1.54, 1.807) is 12.0 Å². The van der Waals surface area contributed by atoms with E-state index < -0.39 is 0 Å². The minimum atomic E-state index is 1.07. The van der Waals surface area contributed by atoms with Crippen molar-refractivity contribution < 1.29 is 0 Å². The average Bonchev–Trinajstić information content (AvgIpc) is 2.10. The third-order valence-electron chi connectivity index (χ3n) is 2.77. The Morgan fingerprint density at radius 1 is 1.57 bits per heavy atom. The first kappa shape index (κ1) is 2.91. The van der Waals surface area contributed by atoms with Gasteiger partial charge in [-0.25, -0.2) is 0 Å². The van der Waals surface area contributed by atoms with E-state index in [1.807, 2.05) is 0 Å². The molecule has 3 atom stereocenters. The van der Waals surface area contributed by atoms with Crippen molar-refractivity contribution in [1.29, 1.82) is 0 Å². The van der Waals surface area contributed by atoms with E-state index in [9.17, 15) is 0 Å². The molecule has 4 aliphatic carbocycles. The van der Waals surface area contributed by atoms with Gasteiger partial charge in [0.2, 0.25) is 0 Å². The zero-order valence-electron chi connectivity index (χ0n) is 4.22. The Morgan fingerprint density at radius 3 is 2.57 bits per heavy atom. The molecule has 0 heterocycles. The molecule has 36 valence electrons. The van der Waals surface area contributed by atoms with Gasteiger partial charge in [-0.05, 0) is 30.6 Å². The molecule has 0 heteroatoms. The van der Waals surface area contributed by atoms with Gasteiger partial charge in [0.15, 0.2) is 0 Å². The van der Waals surface area contributed by atoms with Crippen molar-refractivity contribution >= 4 is 0 Å². The van der Waals surface area contributed by atoms with Gasteiger partial charge in [-0.3, -0.25) is 0 Å². The van der Waals surface area contributed by atoms with Crippen molar-refractivity contribution in [2.75, 3.05) is 0 Å². The molecule has 0 amide bonds. The lowest BCUT2D eigenvalue weighted by atomic mass is 9.90. The molecule has 2 bridgehead atoms. The van der Waals surface area contributed by atoms with E-state index in [1.165, 1.54) is 6.42 Å². The van der Waals surface area contributed by atoms with Crippen LogP contribution in [-0.2, 0) is 0 Å². The molecule has 4 aliphatic rings. The summed E-state index contributed by atoms with van der Waals surface area (Å²) < 4.78 is 0. The second-order valence-electron chi connectivity index (χ2n) is 3.12. The van der Waals surface area contributed by atoms with Crippen molar-refractivity contribution in [3.8, 4) is 0 Å². The highest BCUT2D eigenvalue weighted by molar-refractivity contribution is 5.36. The van der Waals surface area contributed by atoms with Crippen LogP contribution in [-0.4, -0.2) is 0 Å². The second kappa shape index (κ2) is 0.594. The molecule has 0 aromatic heterocycles. The molecule has 2 unspecified atom stereocenters. The van der Waals surface area contributed by atoms with E-state index in [-0.39, 0.29) is 0 Å². The maximum absolute atomic E-state index is 2.48. The molecule has 4 rings (SSSR count). The van der Waals surface area contributed by atoms with Crippen molar-refractivity contribution in [3.63, 3.8) is 0 Å². The number of allylic oxidation sites excluding steroid dienone is 2. The molecule has 0 spiro atoms. The first-order valence-electron chi connectivity index (χ1n) is 3.16.